The molecular weight excluding hydrogens is 369 g/mol. The van der Waals surface area contributed by atoms with Gasteiger partial charge in [0.25, 0.3) is 12.0 Å². The summed E-state index contributed by atoms with van der Waals surface area (Å²) in [6, 6.07) is 4.43. The lowest BCUT2D eigenvalue weighted by Gasteiger charge is -2.22. The van der Waals surface area contributed by atoms with Crippen LogP contribution in [0, 0.1) is 0 Å². The van der Waals surface area contributed by atoms with Crippen molar-refractivity contribution in [2.45, 2.75) is 32.6 Å². The fourth-order valence-corrected chi connectivity index (χ4v) is 3.02. The molecule has 0 aliphatic carbocycles. The first-order valence-corrected chi connectivity index (χ1v) is 7.74. The Bertz CT molecular complexity index is 814. The van der Waals surface area contributed by atoms with Crippen LogP contribution in [-0.4, -0.2) is 9.55 Å². The molecule has 0 atom stereocenters. The van der Waals surface area contributed by atoms with Gasteiger partial charge in [-0.3, -0.25) is 9.36 Å². The van der Waals surface area contributed by atoms with Crippen molar-refractivity contribution < 1.29 is 8.78 Å². The van der Waals surface area contributed by atoms with E-state index in [1.807, 2.05) is 0 Å². The van der Waals surface area contributed by atoms with Crippen LogP contribution in [0.15, 0.2) is 23.0 Å². The summed E-state index contributed by atoms with van der Waals surface area (Å²) in [6.07, 6.45) is -3.01. The van der Waals surface area contributed by atoms with Crippen molar-refractivity contribution in [3.8, 4) is 5.69 Å². The average molecular weight is 382 g/mol. The predicted octanol–water partition coefficient (Wildman–Crippen LogP) is 5.43. The summed E-state index contributed by atoms with van der Waals surface area (Å²) < 4.78 is 27.5. The second-order valence-electron chi connectivity index (χ2n) is 5.90. The van der Waals surface area contributed by atoms with Crippen molar-refractivity contribution in [1.82, 2.24) is 9.55 Å². The molecule has 0 saturated heterocycles. The van der Waals surface area contributed by atoms with E-state index in [4.69, 9.17) is 34.8 Å². The molecule has 0 amide bonds. The minimum atomic E-state index is -3.01. The predicted molar refractivity (Wildman–Crippen MR) is 88.5 cm³/mol. The number of benzene rings is 1. The molecule has 23 heavy (non-hydrogen) atoms. The van der Waals surface area contributed by atoms with Crippen molar-refractivity contribution in [3.05, 3.63) is 55.1 Å². The summed E-state index contributed by atoms with van der Waals surface area (Å²) in [5, 5.41) is -0.113. The molecule has 3 nitrogen and oxygen atoms in total. The molecule has 0 aliphatic heterocycles. The van der Waals surface area contributed by atoms with Crippen molar-refractivity contribution in [3.63, 3.8) is 0 Å². The third-order valence-corrected chi connectivity index (χ3v) is 4.26. The molecule has 8 heteroatoms. The Morgan fingerprint density at radius 1 is 1.17 bits per heavy atom. The normalized spacial score (nSPS) is 12.0. The van der Waals surface area contributed by atoms with Crippen LogP contribution < -0.4 is 5.56 Å². The second-order valence-corrected chi connectivity index (χ2v) is 7.04. The monoisotopic (exact) mass is 380 g/mol. The van der Waals surface area contributed by atoms with E-state index in [1.54, 1.807) is 20.8 Å². The van der Waals surface area contributed by atoms with Gasteiger partial charge in [0.1, 0.15) is 5.15 Å². The van der Waals surface area contributed by atoms with Gasteiger partial charge < -0.3 is 0 Å². The van der Waals surface area contributed by atoms with Crippen molar-refractivity contribution in [2.24, 2.45) is 0 Å². The van der Waals surface area contributed by atoms with E-state index < -0.39 is 23.2 Å². The second kappa shape index (κ2) is 6.38. The number of rotatable bonds is 2. The van der Waals surface area contributed by atoms with E-state index in [2.05, 4.69) is 4.98 Å². The zero-order valence-electron chi connectivity index (χ0n) is 12.5. The molecule has 1 aromatic carbocycles. The molecule has 1 heterocycles. The lowest BCUT2D eigenvalue weighted by atomic mass is 9.89. The summed E-state index contributed by atoms with van der Waals surface area (Å²) in [5.41, 5.74) is -1.22. The number of halogens is 5. The Morgan fingerprint density at radius 3 is 2.30 bits per heavy atom. The SMILES string of the molecule is CC(C)(C)c1c(Cl)nc(C(F)F)n(-c2cccc(Cl)c2Cl)c1=O. The number of alkyl halides is 2. The number of hydrogen-bond donors (Lipinski definition) is 0. The standard InChI is InChI=1S/C15H13Cl3F2N2O/c1-15(2,3)9-11(18)21-13(12(19)20)22(14(9)23)8-6-4-5-7(16)10(8)17/h4-6,12H,1-3H3. The van der Waals surface area contributed by atoms with Crippen LogP contribution in [-0.2, 0) is 5.41 Å². The molecule has 0 fully saturated rings. The highest BCUT2D eigenvalue weighted by Crippen LogP contribution is 2.32. The van der Waals surface area contributed by atoms with Gasteiger partial charge in [-0.25, -0.2) is 13.8 Å². The van der Waals surface area contributed by atoms with Gasteiger partial charge in [-0.15, -0.1) is 0 Å². The molecular formula is C15H13Cl3F2N2O. The molecule has 2 aromatic rings. The minimum absolute atomic E-state index is 0.0119. The lowest BCUT2D eigenvalue weighted by Crippen LogP contribution is -2.33. The van der Waals surface area contributed by atoms with Crippen molar-refractivity contribution in [2.75, 3.05) is 0 Å². The maximum Gasteiger partial charge on any atom is 0.296 e. The number of nitrogens with zero attached hydrogens (tertiary/aromatic N) is 2. The summed E-state index contributed by atoms with van der Waals surface area (Å²) in [6.45, 7) is 5.22. The molecule has 0 N–H and O–H groups in total. The summed E-state index contributed by atoms with van der Waals surface area (Å²) in [4.78, 5) is 16.6. The van der Waals surface area contributed by atoms with Crippen LogP contribution in [0.25, 0.3) is 5.69 Å². The fraction of sp³-hybridized carbons (Fsp3) is 0.333. The topological polar surface area (TPSA) is 34.9 Å². The van der Waals surface area contributed by atoms with Crippen molar-refractivity contribution >= 4 is 34.8 Å². The van der Waals surface area contributed by atoms with E-state index >= 15 is 0 Å². The average Bonchev–Trinajstić information content (AvgIpc) is 2.40. The van der Waals surface area contributed by atoms with Crippen LogP contribution in [0.5, 0.6) is 0 Å². The van der Waals surface area contributed by atoms with Gasteiger partial charge in [-0.05, 0) is 17.5 Å². The molecule has 0 spiro atoms. The zero-order valence-corrected chi connectivity index (χ0v) is 14.8. The Labute approximate surface area is 146 Å². The third-order valence-electron chi connectivity index (χ3n) is 3.18. The van der Waals surface area contributed by atoms with E-state index in [9.17, 15) is 13.6 Å². The third kappa shape index (κ3) is 3.37. The highest BCUT2D eigenvalue weighted by Gasteiger charge is 2.29. The highest BCUT2D eigenvalue weighted by molar-refractivity contribution is 6.43. The Morgan fingerprint density at radius 2 is 1.78 bits per heavy atom. The Balaban J connectivity index is 2.96. The Kier molecular flexibility index (Phi) is 5.04. The highest BCUT2D eigenvalue weighted by atomic mass is 35.5. The van der Waals surface area contributed by atoms with E-state index in [-0.39, 0.29) is 26.4 Å². The fourth-order valence-electron chi connectivity index (χ4n) is 2.19. The van der Waals surface area contributed by atoms with Gasteiger partial charge in [-0.1, -0.05) is 61.6 Å². The van der Waals surface area contributed by atoms with Crippen LogP contribution in [0.2, 0.25) is 15.2 Å². The first-order chi connectivity index (χ1) is 10.6. The molecule has 0 radical (unpaired) electrons. The van der Waals surface area contributed by atoms with E-state index in [0.717, 1.165) is 4.57 Å². The summed E-state index contributed by atoms with van der Waals surface area (Å²) in [5.74, 6) is -0.780. The van der Waals surface area contributed by atoms with Gasteiger partial charge in [0.2, 0.25) is 0 Å². The van der Waals surface area contributed by atoms with Crippen LogP contribution >= 0.6 is 34.8 Å². The van der Waals surface area contributed by atoms with Gasteiger partial charge in [0.15, 0.2) is 5.82 Å². The largest absolute Gasteiger partial charge is 0.296 e. The van der Waals surface area contributed by atoms with Gasteiger partial charge in [-0.2, -0.15) is 0 Å². The summed E-state index contributed by atoms with van der Waals surface area (Å²) >= 11 is 18.0. The van der Waals surface area contributed by atoms with Crippen LogP contribution in [0.3, 0.4) is 0 Å². The molecule has 0 saturated carbocycles. The van der Waals surface area contributed by atoms with Gasteiger partial charge >= 0.3 is 0 Å². The first kappa shape index (κ1) is 18.2. The minimum Gasteiger partial charge on any atom is -0.268 e. The van der Waals surface area contributed by atoms with Gasteiger partial charge in [0, 0.05) is 0 Å². The number of hydrogen-bond acceptors (Lipinski definition) is 2. The molecule has 2 rings (SSSR count). The maximum absolute atomic E-state index is 13.4. The van der Waals surface area contributed by atoms with E-state index in [0.29, 0.717) is 0 Å². The summed E-state index contributed by atoms with van der Waals surface area (Å²) in [7, 11) is 0. The lowest BCUT2D eigenvalue weighted by molar-refractivity contribution is 0.136. The van der Waals surface area contributed by atoms with Gasteiger partial charge in [0.05, 0.1) is 21.3 Å². The first-order valence-electron chi connectivity index (χ1n) is 6.61. The number of aromatic nitrogens is 2. The Hall–Kier alpha value is -1.17. The van der Waals surface area contributed by atoms with Crippen LogP contribution in [0.1, 0.15) is 38.6 Å². The molecule has 0 unspecified atom stereocenters. The smallest absolute Gasteiger partial charge is 0.268 e. The van der Waals surface area contributed by atoms with E-state index in [1.165, 1.54) is 18.2 Å². The molecule has 124 valence electrons. The van der Waals surface area contributed by atoms with Crippen LogP contribution in [0.4, 0.5) is 8.78 Å². The zero-order chi connectivity index (χ0) is 17.5. The quantitative estimate of drug-likeness (QED) is 0.650. The molecule has 0 bridgehead atoms. The maximum atomic E-state index is 13.4. The molecule has 0 aliphatic rings. The molecule has 1 aromatic heterocycles. The van der Waals surface area contributed by atoms with Crippen molar-refractivity contribution in [1.29, 1.82) is 0 Å².